The van der Waals surface area contributed by atoms with Crippen LogP contribution in [0.4, 0.5) is 0 Å². The van der Waals surface area contributed by atoms with Gasteiger partial charge >= 0.3 is 5.97 Å². The summed E-state index contributed by atoms with van der Waals surface area (Å²) in [5.41, 5.74) is 0.905. The molecule has 1 aromatic rings. The SMILES string of the molecule is CCC(C)N(CC(=O)O)C(=O)CCc1ccccc1Cl. The molecule has 0 saturated heterocycles. The molecule has 0 saturated carbocycles. The van der Waals surface area contributed by atoms with E-state index in [1.54, 1.807) is 6.07 Å². The molecule has 1 atom stereocenters. The summed E-state index contributed by atoms with van der Waals surface area (Å²) < 4.78 is 0. The maximum absolute atomic E-state index is 12.2. The van der Waals surface area contributed by atoms with Crippen LogP contribution in [0.3, 0.4) is 0 Å². The number of hydrogen-bond acceptors (Lipinski definition) is 2. The van der Waals surface area contributed by atoms with Gasteiger partial charge in [0.25, 0.3) is 0 Å². The molecular weight excluding hydrogens is 278 g/mol. The summed E-state index contributed by atoms with van der Waals surface area (Å²) in [6, 6.07) is 7.29. The van der Waals surface area contributed by atoms with E-state index in [4.69, 9.17) is 16.7 Å². The lowest BCUT2D eigenvalue weighted by Crippen LogP contribution is -2.41. The Morgan fingerprint density at radius 3 is 2.55 bits per heavy atom. The number of nitrogens with zero attached hydrogens (tertiary/aromatic N) is 1. The van der Waals surface area contributed by atoms with E-state index in [1.165, 1.54) is 4.90 Å². The molecule has 0 bridgehead atoms. The second kappa shape index (κ2) is 7.90. The third-order valence-corrected chi connectivity index (χ3v) is 3.68. The van der Waals surface area contributed by atoms with Crippen molar-refractivity contribution >= 4 is 23.5 Å². The number of carbonyl (C=O) groups is 2. The number of aryl methyl sites for hydroxylation is 1. The number of carboxylic acid groups (broad SMARTS) is 1. The lowest BCUT2D eigenvalue weighted by molar-refractivity contribution is -0.146. The fourth-order valence-electron chi connectivity index (χ4n) is 1.94. The monoisotopic (exact) mass is 297 g/mol. The van der Waals surface area contributed by atoms with E-state index in [2.05, 4.69) is 0 Å². The summed E-state index contributed by atoms with van der Waals surface area (Å²) in [6.07, 6.45) is 1.51. The Morgan fingerprint density at radius 1 is 1.35 bits per heavy atom. The average Bonchev–Trinajstić information content (AvgIpc) is 2.42. The summed E-state index contributed by atoms with van der Waals surface area (Å²) >= 11 is 6.04. The Kier molecular flexibility index (Phi) is 6.52. The van der Waals surface area contributed by atoms with Crippen LogP contribution >= 0.6 is 11.6 Å². The normalized spacial score (nSPS) is 11.9. The van der Waals surface area contributed by atoms with Crippen molar-refractivity contribution in [2.24, 2.45) is 0 Å². The molecule has 0 aliphatic rings. The first-order chi connectivity index (χ1) is 9.45. The number of benzene rings is 1. The van der Waals surface area contributed by atoms with E-state index in [0.717, 1.165) is 12.0 Å². The molecule has 1 unspecified atom stereocenters. The average molecular weight is 298 g/mol. The highest BCUT2D eigenvalue weighted by Crippen LogP contribution is 2.17. The van der Waals surface area contributed by atoms with Crippen molar-refractivity contribution in [2.75, 3.05) is 6.54 Å². The van der Waals surface area contributed by atoms with Gasteiger partial charge in [0.1, 0.15) is 6.54 Å². The van der Waals surface area contributed by atoms with Gasteiger partial charge in [0.15, 0.2) is 0 Å². The molecule has 0 aromatic heterocycles. The van der Waals surface area contributed by atoms with Gasteiger partial charge in [-0.15, -0.1) is 0 Å². The zero-order chi connectivity index (χ0) is 15.1. The lowest BCUT2D eigenvalue weighted by atomic mass is 10.1. The Morgan fingerprint density at radius 2 is 2.00 bits per heavy atom. The van der Waals surface area contributed by atoms with E-state index >= 15 is 0 Å². The smallest absolute Gasteiger partial charge is 0.323 e. The highest BCUT2D eigenvalue weighted by atomic mass is 35.5. The molecule has 1 N–H and O–H groups in total. The molecule has 0 aliphatic heterocycles. The molecule has 1 rings (SSSR count). The number of aliphatic carboxylic acids is 1. The highest BCUT2D eigenvalue weighted by molar-refractivity contribution is 6.31. The summed E-state index contributed by atoms with van der Waals surface area (Å²) in [4.78, 5) is 24.4. The Balaban J connectivity index is 2.67. The molecule has 1 amide bonds. The molecule has 1 aromatic carbocycles. The van der Waals surface area contributed by atoms with E-state index in [9.17, 15) is 9.59 Å². The number of carbonyl (C=O) groups excluding carboxylic acids is 1. The van der Waals surface area contributed by atoms with Crippen LogP contribution in [0.1, 0.15) is 32.3 Å². The van der Waals surface area contributed by atoms with Crippen LogP contribution in [0.5, 0.6) is 0 Å². The maximum Gasteiger partial charge on any atom is 0.323 e. The molecule has 0 heterocycles. The van der Waals surface area contributed by atoms with Crippen molar-refractivity contribution < 1.29 is 14.7 Å². The van der Waals surface area contributed by atoms with Gasteiger partial charge in [0, 0.05) is 17.5 Å². The zero-order valence-electron chi connectivity index (χ0n) is 11.8. The molecule has 20 heavy (non-hydrogen) atoms. The number of halogens is 1. The van der Waals surface area contributed by atoms with E-state index in [0.29, 0.717) is 11.4 Å². The van der Waals surface area contributed by atoms with Crippen LogP contribution in [0.15, 0.2) is 24.3 Å². The Bertz CT molecular complexity index is 476. The molecule has 0 aliphatic carbocycles. The van der Waals surface area contributed by atoms with Gasteiger partial charge in [-0.2, -0.15) is 0 Å². The first-order valence-corrected chi connectivity index (χ1v) is 7.08. The molecule has 4 nitrogen and oxygen atoms in total. The third kappa shape index (κ3) is 4.85. The van der Waals surface area contributed by atoms with Gasteiger partial charge in [-0.1, -0.05) is 36.7 Å². The largest absolute Gasteiger partial charge is 0.480 e. The molecule has 110 valence electrons. The van der Waals surface area contributed by atoms with E-state index < -0.39 is 5.97 Å². The molecule has 0 fully saturated rings. The van der Waals surface area contributed by atoms with Crippen LogP contribution < -0.4 is 0 Å². The summed E-state index contributed by atoms with van der Waals surface area (Å²) in [7, 11) is 0. The molecule has 0 spiro atoms. The van der Waals surface area contributed by atoms with Gasteiger partial charge in [-0.25, -0.2) is 0 Å². The van der Waals surface area contributed by atoms with Crippen molar-refractivity contribution in [3.63, 3.8) is 0 Å². The number of amides is 1. The Hall–Kier alpha value is -1.55. The number of carboxylic acids is 1. The third-order valence-electron chi connectivity index (χ3n) is 3.31. The number of rotatable bonds is 7. The topological polar surface area (TPSA) is 57.6 Å². The lowest BCUT2D eigenvalue weighted by Gasteiger charge is -2.27. The first-order valence-electron chi connectivity index (χ1n) is 6.70. The van der Waals surface area contributed by atoms with Crippen molar-refractivity contribution in [2.45, 2.75) is 39.2 Å². The first kappa shape index (κ1) is 16.5. The van der Waals surface area contributed by atoms with Crippen LogP contribution in [0, 0.1) is 0 Å². The van der Waals surface area contributed by atoms with Gasteiger partial charge in [-0.05, 0) is 31.4 Å². The van der Waals surface area contributed by atoms with Gasteiger partial charge in [0.2, 0.25) is 5.91 Å². The minimum Gasteiger partial charge on any atom is -0.480 e. The fourth-order valence-corrected chi connectivity index (χ4v) is 2.17. The Labute approximate surface area is 124 Å². The van der Waals surface area contributed by atoms with Crippen molar-refractivity contribution in [3.05, 3.63) is 34.9 Å². The second-order valence-corrected chi connectivity index (χ2v) is 5.17. The van der Waals surface area contributed by atoms with Crippen molar-refractivity contribution in [1.29, 1.82) is 0 Å². The van der Waals surface area contributed by atoms with Crippen molar-refractivity contribution in [3.8, 4) is 0 Å². The minimum atomic E-state index is -0.989. The second-order valence-electron chi connectivity index (χ2n) is 4.76. The summed E-state index contributed by atoms with van der Waals surface area (Å²) in [5.74, 6) is -1.14. The zero-order valence-corrected chi connectivity index (χ0v) is 12.6. The predicted molar refractivity (Wildman–Crippen MR) is 78.9 cm³/mol. The van der Waals surface area contributed by atoms with Crippen LogP contribution in [0.25, 0.3) is 0 Å². The summed E-state index contributed by atoms with van der Waals surface area (Å²) in [6.45, 7) is 3.54. The van der Waals surface area contributed by atoms with E-state index in [1.807, 2.05) is 32.0 Å². The quantitative estimate of drug-likeness (QED) is 0.842. The summed E-state index contributed by atoms with van der Waals surface area (Å²) in [5, 5.41) is 9.52. The van der Waals surface area contributed by atoms with E-state index in [-0.39, 0.29) is 24.9 Å². The molecule has 5 heteroatoms. The van der Waals surface area contributed by atoms with Crippen LogP contribution in [-0.2, 0) is 16.0 Å². The van der Waals surface area contributed by atoms with Crippen molar-refractivity contribution in [1.82, 2.24) is 4.90 Å². The van der Waals surface area contributed by atoms with Gasteiger partial charge < -0.3 is 10.0 Å². The highest BCUT2D eigenvalue weighted by Gasteiger charge is 2.21. The minimum absolute atomic E-state index is 0.0788. The predicted octanol–water partition coefficient (Wildman–Crippen LogP) is 2.98. The fraction of sp³-hybridized carbons (Fsp3) is 0.467. The maximum atomic E-state index is 12.2. The standard InChI is InChI=1S/C15H20ClNO3/c1-3-11(2)17(10-15(19)20)14(18)9-8-12-6-4-5-7-13(12)16/h4-7,11H,3,8-10H2,1-2H3,(H,19,20). The van der Waals surface area contributed by atoms with Crippen LogP contribution in [-0.4, -0.2) is 34.5 Å². The van der Waals surface area contributed by atoms with Gasteiger partial charge in [0.05, 0.1) is 0 Å². The molecule has 0 radical (unpaired) electrons. The molecular formula is C15H20ClNO3. The number of hydrogen-bond donors (Lipinski definition) is 1. The van der Waals surface area contributed by atoms with Crippen LogP contribution in [0.2, 0.25) is 5.02 Å². The van der Waals surface area contributed by atoms with Gasteiger partial charge in [-0.3, -0.25) is 9.59 Å².